The molecular weight excluding hydrogens is 362 g/mol. The standard InChI is InChI=1S/C18H26ClNO6/c1-6-25-15-12(19)9-11(10-14(15)24-5)16(21)20-13(17(22)23)7-8-26-18(2,3)4/h9-10,13H,6-8H2,1-5H3,(H,20,21)(H,22,23). The zero-order chi connectivity index (χ0) is 19.9. The lowest BCUT2D eigenvalue weighted by Gasteiger charge is -2.21. The van der Waals surface area contributed by atoms with Crippen LogP contribution in [0.15, 0.2) is 12.1 Å². The molecule has 0 heterocycles. The van der Waals surface area contributed by atoms with E-state index in [9.17, 15) is 14.7 Å². The highest BCUT2D eigenvalue weighted by Gasteiger charge is 2.23. The molecule has 1 aromatic rings. The largest absolute Gasteiger partial charge is 0.493 e. The summed E-state index contributed by atoms with van der Waals surface area (Å²) in [6.45, 7) is 8.00. The molecule has 0 bridgehead atoms. The first-order chi connectivity index (χ1) is 12.1. The number of halogens is 1. The van der Waals surface area contributed by atoms with E-state index in [0.29, 0.717) is 18.1 Å². The van der Waals surface area contributed by atoms with E-state index in [0.717, 1.165) is 0 Å². The number of carboxylic acids is 1. The van der Waals surface area contributed by atoms with Gasteiger partial charge in [-0.05, 0) is 39.8 Å². The molecule has 0 saturated carbocycles. The molecule has 1 aromatic carbocycles. The van der Waals surface area contributed by atoms with Gasteiger partial charge in [0.1, 0.15) is 6.04 Å². The van der Waals surface area contributed by atoms with E-state index in [1.165, 1.54) is 19.2 Å². The van der Waals surface area contributed by atoms with Crippen molar-refractivity contribution in [3.8, 4) is 11.5 Å². The molecule has 0 aliphatic rings. The Bertz CT molecular complexity index is 641. The third-order valence-electron chi connectivity index (χ3n) is 3.33. The molecule has 8 heteroatoms. The molecule has 0 spiro atoms. The van der Waals surface area contributed by atoms with Crippen LogP contribution in [0.1, 0.15) is 44.5 Å². The van der Waals surface area contributed by atoms with Crippen LogP contribution in [0.5, 0.6) is 11.5 Å². The Kier molecular flexibility index (Phi) is 8.17. The van der Waals surface area contributed by atoms with Gasteiger partial charge in [0.05, 0.1) is 24.3 Å². The first-order valence-corrected chi connectivity index (χ1v) is 8.64. The number of carbonyl (C=O) groups is 2. The summed E-state index contributed by atoms with van der Waals surface area (Å²) in [4.78, 5) is 23.8. The number of carbonyl (C=O) groups excluding carboxylic acids is 1. The summed E-state index contributed by atoms with van der Waals surface area (Å²) in [6, 6.07) is 1.78. The van der Waals surface area contributed by atoms with Crippen molar-refractivity contribution < 1.29 is 28.9 Å². The minimum absolute atomic E-state index is 0.139. The second-order valence-corrected chi connectivity index (χ2v) is 6.94. The van der Waals surface area contributed by atoms with E-state index >= 15 is 0 Å². The van der Waals surface area contributed by atoms with Crippen molar-refractivity contribution in [3.05, 3.63) is 22.7 Å². The highest BCUT2D eigenvalue weighted by molar-refractivity contribution is 6.32. The number of amides is 1. The molecule has 0 radical (unpaired) electrons. The number of aliphatic carboxylic acids is 1. The molecule has 7 nitrogen and oxygen atoms in total. The normalized spacial score (nSPS) is 12.4. The molecular formula is C18H26ClNO6. The Labute approximate surface area is 158 Å². The summed E-state index contributed by atoms with van der Waals surface area (Å²) < 4.78 is 16.1. The third kappa shape index (κ3) is 6.72. The maximum atomic E-state index is 12.4. The van der Waals surface area contributed by atoms with Crippen LogP contribution in [0.3, 0.4) is 0 Å². The number of benzene rings is 1. The Morgan fingerprint density at radius 3 is 2.46 bits per heavy atom. The summed E-state index contributed by atoms with van der Waals surface area (Å²) >= 11 is 6.15. The Morgan fingerprint density at radius 2 is 1.96 bits per heavy atom. The lowest BCUT2D eigenvalue weighted by Crippen LogP contribution is -2.42. The molecule has 26 heavy (non-hydrogen) atoms. The highest BCUT2D eigenvalue weighted by Crippen LogP contribution is 2.36. The Morgan fingerprint density at radius 1 is 1.31 bits per heavy atom. The molecule has 146 valence electrons. The van der Waals surface area contributed by atoms with Crippen molar-refractivity contribution in [1.29, 1.82) is 0 Å². The zero-order valence-corrected chi connectivity index (χ0v) is 16.5. The summed E-state index contributed by atoms with van der Waals surface area (Å²) in [5.41, 5.74) is -0.207. The van der Waals surface area contributed by atoms with Crippen LogP contribution in [0.2, 0.25) is 5.02 Å². The van der Waals surface area contributed by atoms with E-state index in [1.807, 2.05) is 20.8 Å². The lowest BCUT2D eigenvalue weighted by atomic mass is 10.1. The van der Waals surface area contributed by atoms with Crippen LogP contribution >= 0.6 is 11.6 Å². The van der Waals surface area contributed by atoms with Crippen LogP contribution in [-0.4, -0.2) is 48.9 Å². The van der Waals surface area contributed by atoms with E-state index in [-0.39, 0.29) is 29.2 Å². The van der Waals surface area contributed by atoms with Gasteiger partial charge in [-0.15, -0.1) is 0 Å². The molecule has 0 aromatic heterocycles. The fourth-order valence-electron chi connectivity index (χ4n) is 2.12. The second-order valence-electron chi connectivity index (χ2n) is 6.54. The van der Waals surface area contributed by atoms with Crippen LogP contribution in [0, 0.1) is 0 Å². The molecule has 1 amide bonds. The van der Waals surface area contributed by atoms with Crippen molar-refractivity contribution in [3.63, 3.8) is 0 Å². The molecule has 0 aliphatic carbocycles. The highest BCUT2D eigenvalue weighted by atomic mass is 35.5. The maximum Gasteiger partial charge on any atom is 0.326 e. The van der Waals surface area contributed by atoms with Crippen LogP contribution in [0.4, 0.5) is 0 Å². The quantitative estimate of drug-likeness (QED) is 0.676. The van der Waals surface area contributed by atoms with E-state index in [1.54, 1.807) is 6.92 Å². The van der Waals surface area contributed by atoms with Gasteiger partial charge in [-0.3, -0.25) is 4.79 Å². The monoisotopic (exact) mass is 387 g/mol. The molecule has 1 unspecified atom stereocenters. The average Bonchev–Trinajstić information content (AvgIpc) is 2.54. The van der Waals surface area contributed by atoms with Gasteiger partial charge in [0, 0.05) is 18.6 Å². The average molecular weight is 388 g/mol. The van der Waals surface area contributed by atoms with Crippen molar-refractivity contribution >= 4 is 23.5 Å². The topological polar surface area (TPSA) is 94.1 Å². The summed E-state index contributed by atoms with van der Waals surface area (Å²) in [5, 5.41) is 12.0. The van der Waals surface area contributed by atoms with Gasteiger partial charge in [-0.1, -0.05) is 11.6 Å². The van der Waals surface area contributed by atoms with Crippen LogP contribution in [0.25, 0.3) is 0 Å². The predicted octanol–water partition coefficient (Wildman–Crippen LogP) is 3.14. The van der Waals surface area contributed by atoms with Gasteiger partial charge in [0.25, 0.3) is 5.91 Å². The Hall–Kier alpha value is -1.99. The number of carboxylic acid groups (broad SMARTS) is 1. The third-order valence-corrected chi connectivity index (χ3v) is 3.61. The van der Waals surface area contributed by atoms with Crippen molar-refractivity contribution in [2.75, 3.05) is 20.3 Å². The fraction of sp³-hybridized carbons (Fsp3) is 0.556. The van der Waals surface area contributed by atoms with Gasteiger partial charge >= 0.3 is 5.97 Å². The minimum atomic E-state index is -1.14. The molecule has 0 saturated heterocycles. The fourth-order valence-corrected chi connectivity index (χ4v) is 2.38. The number of rotatable bonds is 9. The van der Waals surface area contributed by atoms with Crippen LogP contribution < -0.4 is 14.8 Å². The predicted molar refractivity (Wildman–Crippen MR) is 98.4 cm³/mol. The van der Waals surface area contributed by atoms with E-state index in [2.05, 4.69) is 5.32 Å². The van der Waals surface area contributed by atoms with Gasteiger partial charge < -0.3 is 24.6 Å². The summed E-state index contributed by atoms with van der Waals surface area (Å²) in [5.74, 6) is -1.08. The number of hydrogen-bond donors (Lipinski definition) is 2. The molecule has 0 aliphatic heterocycles. The number of ether oxygens (including phenoxy) is 3. The SMILES string of the molecule is CCOc1c(Cl)cc(C(=O)NC(CCOC(C)(C)C)C(=O)O)cc1OC. The smallest absolute Gasteiger partial charge is 0.326 e. The molecule has 2 N–H and O–H groups in total. The molecule has 1 rings (SSSR count). The van der Waals surface area contributed by atoms with Gasteiger partial charge in [0.2, 0.25) is 0 Å². The number of methoxy groups -OCH3 is 1. The van der Waals surface area contributed by atoms with Gasteiger partial charge in [-0.2, -0.15) is 0 Å². The van der Waals surface area contributed by atoms with Crippen molar-refractivity contribution in [1.82, 2.24) is 5.32 Å². The van der Waals surface area contributed by atoms with Gasteiger partial charge in [0.15, 0.2) is 11.5 Å². The lowest BCUT2D eigenvalue weighted by molar-refractivity contribution is -0.140. The van der Waals surface area contributed by atoms with Crippen molar-refractivity contribution in [2.24, 2.45) is 0 Å². The Balaban J connectivity index is 2.89. The number of hydrogen-bond acceptors (Lipinski definition) is 5. The van der Waals surface area contributed by atoms with E-state index < -0.39 is 17.9 Å². The summed E-state index contributed by atoms with van der Waals surface area (Å²) in [6.07, 6.45) is 0.139. The number of nitrogens with one attached hydrogen (secondary N) is 1. The minimum Gasteiger partial charge on any atom is -0.493 e. The first-order valence-electron chi connectivity index (χ1n) is 8.27. The van der Waals surface area contributed by atoms with E-state index in [4.69, 9.17) is 25.8 Å². The zero-order valence-electron chi connectivity index (χ0n) is 15.7. The molecule has 0 fully saturated rings. The maximum absolute atomic E-state index is 12.4. The molecule has 1 atom stereocenters. The van der Waals surface area contributed by atoms with Crippen molar-refractivity contribution in [2.45, 2.75) is 45.8 Å². The van der Waals surface area contributed by atoms with Crippen LogP contribution in [-0.2, 0) is 9.53 Å². The first kappa shape index (κ1) is 22.1. The summed E-state index contributed by atoms with van der Waals surface area (Å²) in [7, 11) is 1.43. The van der Waals surface area contributed by atoms with Gasteiger partial charge in [-0.25, -0.2) is 4.79 Å². The second kappa shape index (κ2) is 9.64.